The molecule has 0 saturated heterocycles. The number of carbonyl (C=O) groups excluding carboxylic acids is 1. The summed E-state index contributed by atoms with van der Waals surface area (Å²) >= 11 is 0. The van der Waals surface area contributed by atoms with Crippen LogP contribution in [0.1, 0.15) is 25.7 Å². The van der Waals surface area contributed by atoms with Crippen molar-refractivity contribution in [3.63, 3.8) is 0 Å². The highest BCUT2D eigenvalue weighted by Gasteiger charge is 2.41. The normalized spacial score (nSPS) is 33.4. The predicted molar refractivity (Wildman–Crippen MR) is 54.7 cm³/mol. The SMILES string of the molecule is C=C(CC12C=CC(CC1)C2)C(=O)OC. The number of hydrogen-bond donors (Lipinski definition) is 0. The molecule has 0 aromatic rings. The molecule has 0 radical (unpaired) electrons. The molecule has 0 aromatic carbocycles. The molecule has 2 rings (SSSR count). The summed E-state index contributed by atoms with van der Waals surface area (Å²) in [5, 5.41) is 0. The second-order valence-electron chi connectivity index (χ2n) is 4.50. The molecule has 2 atom stereocenters. The topological polar surface area (TPSA) is 26.3 Å². The quantitative estimate of drug-likeness (QED) is 0.390. The third-order valence-electron chi connectivity index (χ3n) is 3.44. The summed E-state index contributed by atoms with van der Waals surface area (Å²) in [7, 11) is 1.41. The van der Waals surface area contributed by atoms with E-state index in [1.165, 1.54) is 26.4 Å². The largest absolute Gasteiger partial charge is 0.466 e. The lowest BCUT2D eigenvalue weighted by Crippen LogP contribution is -2.16. The van der Waals surface area contributed by atoms with Gasteiger partial charge in [0.25, 0.3) is 0 Å². The lowest BCUT2D eigenvalue weighted by molar-refractivity contribution is -0.136. The van der Waals surface area contributed by atoms with E-state index in [1.807, 2.05) is 0 Å². The molecule has 0 spiro atoms. The number of hydrogen-bond acceptors (Lipinski definition) is 2. The average molecular weight is 192 g/mol. The summed E-state index contributed by atoms with van der Waals surface area (Å²) in [6.07, 6.45) is 8.99. The van der Waals surface area contributed by atoms with E-state index in [2.05, 4.69) is 23.5 Å². The van der Waals surface area contributed by atoms with Gasteiger partial charge in [-0.2, -0.15) is 0 Å². The summed E-state index contributed by atoms with van der Waals surface area (Å²) in [5.41, 5.74) is 0.843. The number of ether oxygens (including phenoxy) is 1. The van der Waals surface area contributed by atoms with E-state index in [-0.39, 0.29) is 11.4 Å². The van der Waals surface area contributed by atoms with Gasteiger partial charge in [0.05, 0.1) is 7.11 Å². The molecule has 2 aliphatic rings. The van der Waals surface area contributed by atoms with Crippen molar-refractivity contribution in [2.24, 2.45) is 11.3 Å². The van der Waals surface area contributed by atoms with Crippen molar-refractivity contribution in [1.82, 2.24) is 0 Å². The molecule has 0 aromatic heterocycles. The van der Waals surface area contributed by atoms with Crippen LogP contribution in [-0.4, -0.2) is 13.1 Å². The zero-order valence-corrected chi connectivity index (χ0v) is 8.58. The molecule has 0 N–H and O–H groups in total. The third-order valence-corrected chi connectivity index (χ3v) is 3.44. The molecule has 2 unspecified atom stereocenters. The van der Waals surface area contributed by atoms with Gasteiger partial charge in [-0.25, -0.2) is 4.79 Å². The van der Waals surface area contributed by atoms with Crippen LogP contribution in [0.15, 0.2) is 24.3 Å². The van der Waals surface area contributed by atoms with Crippen LogP contribution < -0.4 is 0 Å². The Balaban J connectivity index is 2.01. The van der Waals surface area contributed by atoms with Crippen molar-refractivity contribution in [1.29, 1.82) is 0 Å². The van der Waals surface area contributed by atoms with E-state index in [9.17, 15) is 4.79 Å². The number of methoxy groups -OCH3 is 1. The molecule has 2 nitrogen and oxygen atoms in total. The lowest BCUT2D eigenvalue weighted by atomic mass is 9.81. The number of rotatable bonds is 3. The standard InChI is InChI=1S/C12H16O2/c1-9(11(13)14-2)7-12-5-3-10(8-12)4-6-12/h3,5,10H,1,4,6-8H2,2H3. The molecule has 2 aliphatic carbocycles. The molecule has 1 saturated carbocycles. The fourth-order valence-corrected chi connectivity index (χ4v) is 2.72. The van der Waals surface area contributed by atoms with Gasteiger partial charge in [-0.3, -0.25) is 0 Å². The fraction of sp³-hybridized carbons (Fsp3) is 0.583. The van der Waals surface area contributed by atoms with Crippen molar-refractivity contribution >= 4 is 5.97 Å². The van der Waals surface area contributed by atoms with Crippen molar-refractivity contribution in [3.05, 3.63) is 24.3 Å². The number of allylic oxidation sites excluding steroid dienone is 2. The Morgan fingerprint density at radius 1 is 1.71 bits per heavy atom. The highest BCUT2D eigenvalue weighted by atomic mass is 16.5. The van der Waals surface area contributed by atoms with Crippen LogP contribution in [0.3, 0.4) is 0 Å². The second kappa shape index (κ2) is 3.26. The van der Waals surface area contributed by atoms with Gasteiger partial charge >= 0.3 is 5.97 Å². The van der Waals surface area contributed by atoms with Crippen LogP contribution in [0, 0.1) is 11.3 Å². The first-order valence-corrected chi connectivity index (χ1v) is 5.11. The van der Waals surface area contributed by atoms with Crippen LogP contribution in [0.2, 0.25) is 0 Å². The maximum atomic E-state index is 11.2. The summed E-state index contributed by atoms with van der Waals surface area (Å²) in [5.74, 6) is 0.489. The molecule has 0 aliphatic heterocycles. The molecule has 14 heavy (non-hydrogen) atoms. The second-order valence-corrected chi connectivity index (χ2v) is 4.50. The fourth-order valence-electron chi connectivity index (χ4n) is 2.72. The van der Waals surface area contributed by atoms with E-state index < -0.39 is 0 Å². The third kappa shape index (κ3) is 1.49. The van der Waals surface area contributed by atoms with E-state index >= 15 is 0 Å². The van der Waals surface area contributed by atoms with Gasteiger partial charge in [0, 0.05) is 5.57 Å². The minimum Gasteiger partial charge on any atom is -0.466 e. The van der Waals surface area contributed by atoms with Gasteiger partial charge < -0.3 is 4.74 Å². The minimum absolute atomic E-state index is 0.232. The van der Waals surface area contributed by atoms with Gasteiger partial charge in [0.15, 0.2) is 0 Å². The smallest absolute Gasteiger partial charge is 0.333 e. The van der Waals surface area contributed by atoms with Crippen molar-refractivity contribution in [2.45, 2.75) is 25.7 Å². The Morgan fingerprint density at radius 2 is 2.50 bits per heavy atom. The average Bonchev–Trinajstić information content (AvgIpc) is 2.75. The number of carbonyl (C=O) groups is 1. The monoisotopic (exact) mass is 192 g/mol. The first-order valence-electron chi connectivity index (χ1n) is 5.11. The molecule has 1 fully saturated rings. The molecule has 0 heterocycles. The minimum atomic E-state index is -0.261. The Labute approximate surface area is 84.6 Å². The molecule has 76 valence electrons. The van der Waals surface area contributed by atoms with E-state index in [0.717, 1.165) is 12.3 Å². The number of fused-ring (bicyclic) bond motifs is 2. The van der Waals surface area contributed by atoms with Gasteiger partial charge in [-0.05, 0) is 37.0 Å². The first-order chi connectivity index (χ1) is 6.65. The van der Waals surface area contributed by atoms with Crippen LogP contribution in [0.25, 0.3) is 0 Å². The molecular formula is C12H16O2. The maximum absolute atomic E-state index is 11.2. The summed E-state index contributed by atoms with van der Waals surface area (Å²) in [4.78, 5) is 11.2. The van der Waals surface area contributed by atoms with Crippen LogP contribution in [-0.2, 0) is 9.53 Å². The molecular weight excluding hydrogens is 176 g/mol. The van der Waals surface area contributed by atoms with Crippen LogP contribution in [0.5, 0.6) is 0 Å². The van der Waals surface area contributed by atoms with Gasteiger partial charge in [0.1, 0.15) is 0 Å². The van der Waals surface area contributed by atoms with Crippen molar-refractivity contribution < 1.29 is 9.53 Å². The number of esters is 1. The zero-order chi connectivity index (χ0) is 10.2. The van der Waals surface area contributed by atoms with E-state index in [0.29, 0.717) is 5.57 Å². The Kier molecular flexibility index (Phi) is 2.22. The highest BCUT2D eigenvalue weighted by Crippen LogP contribution is 2.52. The Morgan fingerprint density at radius 3 is 2.93 bits per heavy atom. The summed E-state index contributed by atoms with van der Waals surface area (Å²) in [6, 6.07) is 0. The Bertz CT molecular complexity index is 303. The molecule has 2 heteroatoms. The van der Waals surface area contributed by atoms with Gasteiger partial charge in [0.2, 0.25) is 0 Å². The first kappa shape index (κ1) is 9.50. The zero-order valence-electron chi connectivity index (χ0n) is 8.58. The lowest BCUT2D eigenvalue weighted by Gasteiger charge is -2.23. The molecule has 0 amide bonds. The van der Waals surface area contributed by atoms with Crippen molar-refractivity contribution in [2.75, 3.05) is 7.11 Å². The van der Waals surface area contributed by atoms with Gasteiger partial charge in [-0.1, -0.05) is 18.7 Å². The van der Waals surface area contributed by atoms with E-state index in [1.54, 1.807) is 0 Å². The van der Waals surface area contributed by atoms with Crippen molar-refractivity contribution in [3.8, 4) is 0 Å². The Hall–Kier alpha value is -1.05. The van der Waals surface area contributed by atoms with Gasteiger partial charge in [-0.15, -0.1) is 0 Å². The summed E-state index contributed by atoms with van der Waals surface area (Å²) < 4.78 is 4.66. The predicted octanol–water partition coefficient (Wildman–Crippen LogP) is 2.46. The van der Waals surface area contributed by atoms with E-state index in [4.69, 9.17) is 0 Å². The maximum Gasteiger partial charge on any atom is 0.333 e. The van der Waals surface area contributed by atoms with Crippen LogP contribution in [0.4, 0.5) is 0 Å². The van der Waals surface area contributed by atoms with Crippen LogP contribution >= 0.6 is 0 Å². The molecule has 2 bridgehead atoms. The highest BCUT2D eigenvalue weighted by molar-refractivity contribution is 5.87. The summed E-state index contributed by atoms with van der Waals surface area (Å²) in [6.45, 7) is 3.79.